The topological polar surface area (TPSA) is 57.5 Å². The van der Waals surface area contributed by atoms with Crippen molar-refractivity contribution >= 4 is 5.97 Å². The highest BCUT2D eigenvalue weighted by atomic mass is 19.4. The molecule has 0 saturated heterocycles. The molecule has 0 radical (unpaired) electrons. The van der Waals surface area contributed by atoms with E-state index in [2.05, 4.69) is 11.8 Å². The van der Waals surface area contributed by atoms with Crippen molar-refractivity contribution in [1.82, 2.24) is 0 Å². The number of hydrogen-bond acceptors (Lipinski definition) is 2. The van der Waals surface area contributed by atoms with Crippen molar-refractivity contribution in [1.29, 1.82) is 0 Å². The molecule has 0 aromatic heterocycles. The van der Waals surface area contributed by atoms with Crippen LogP contribution < -0.4 is 0 Å². The van der Waals surface area contributed by atoms with Gasteiger partial charge in [0.1, 0.15) is 5.75 Å². The number of aromatic hydroxyl groups is 1. The van der Waals surface area contributed by atoms with E-state index in [1.165, 1.54) is 18.2 Å². The second kappa shape index (κ2) is 7.91. The number of phenols is 1. The number of benzene rings is 2. The van der Waals surface area contributed by atoms with Crippen LogP contribution in [0, 0.1) is 11.8 Å². The van der Waals surface area contributed by atoms with E-state index < -0.39 is 30.1 Å². The first-order valence-corrected chi connectivity index (χ1v) is 7.57. The van der Waals surface area contributed by atoms with Crippen LogP contribution in [0.25, 0.3) is 0 Å². The molecule has 2 aromatic carbocycles. The minimum absolute atomic E-state index is 0.00924. The summed E-state index contributed by atoms with van der Waals surface area (Å²) in [6.07, 6.45) is -4.33. The van der Waals surface area contributed by atoms with Gasteiger partial charge >= 0.3 is 12.1 Å². The van der Waals surface area contributed by atoms with Crippen LogP contribution in [0.4, 0.5) is 17.6 Å². The SMILES string of the molecule is O=C(O)c1ccc(C#Cc2ccc(O)cc2C(F)(F)F)c(CCCF)c1. The second-order valence-electron chi connectivity index (χ2n) is 5.45. The molecule has 0 saturated carbocycles. The van der Waals surface area contributed by atoms with Crippen molar-refractivity contribution in [3.8, 4) is 17.6 Å². The van der Waals surface area contributed by atoms with Gasteiger partial charge in [-0.3, -0.25) is 4.39 Å². The van der Waals surface area contributed by atoms with E-state index in [9.17, 15) is 27.5 Å². The largest absolute Gasteiger partial charge is 0.508 e. The van der Waals surface area contributed by atoms with E-state index in [1.54, 1.807) is 0 Å². The predicted molar refractivity (Wildman–Crippen MR) is 86.8 cm³/mol. The molecule has 0 atom stereocenters. The molecule has 26 heavy (non-hydrogen) atoms. The number of halogens is 4. The summed E-state index contributed by atoms with van der Waals surface area (Å²) in [4.78, 5) is 11.0. The highest BCUT2D eigenvalue weighted by molar-refractivity contribution is 5.88. The van der Waals surface area contributed by atoms with Gasteiger partial charge in [0.2, 0.25) is 0 Å². The van der Waals surface area contributed by atoms with Crippen LogP contribution >= 0.6 is 0 Å². The van der Waals surface area contributed by atoms with Crippen molar-refractivity contribution in [3.63, 3.8) is 0 Å². The van der Waals surface area contributed by atoms with Crippen molar-refractivity contribution in [2.24, 2.45) is 0 Å². The summed E-state index contributed by atoms with van der Waals surface area (Å²) in [5.41, 5.74) is -0.636. The van der Waals surface area contributed by atoms with Crippen LogP contribution in [-0.4, -0.2) is 22.9 Å². The lowest BCUT2D eigenvalue weighted by Gasteiger charge is -2.09. The third kappa shape index (κ3) is 4.76. The van der Waals surface area contributed by atoms with Gasteiger partial charge in [-0.25, -0.2) is 4.79 Å². The summed E-state index contributed by atoms with van der Waals surface area (Å²) in [6.45, 7) is -0.611. The number of aryl methyl sites for hydroxylation is 1. The summed E-state index contributed by atoms with van der Waals surface area (Å²) in [5, 5.41) is 18.3. The second-order valence-corrected chi connectivity index (χ2v) is 5.45. The van der Waals surface area contributed by atoms with E-state index in [0.717, 1.165) is 12.1 Å². The first-order chi connectivity index (χ1) is 12.2. The number of alkyl halides is 4. The van der Waals surface area contributed by atoms with Crippen LogP contribution in [0.15, 0.2) is 36.4 Å². The van der Waals surface area contributed by atoms with Crippen molar-refractivity contribution in [2.45, 2.75) is 19.0 Å². The van der Waals surface area contributed by atoms with E-state index in [-0.39, 0.29) is 24.0 Å². The van der Waals surface area contributed by atoms with Crippen LogP contribution in [0.2, 0.25) is 0 Å². The van der Waals surface area contributed by atoms with Crippen LogP contribution in [0.5, 0.6) is 5.75 Å². The minimum atomic E-state index is -4.69. The standard InChI is InChI=1S/C19H14F4O3/c20-9-1-2-14-10-15(18(25)26)6-4-12(14)3-5-13-7-8-16(24)11-17(13)19(21,22)23/h4,6-8,10-11,24H,1-2,9H2,(H,25,26). The van der Waals surface area contributed by atoms with Gasteiger partial charge in [0.25, 0.3) is 0 Å². The summed E-state index contributed by atoms with van der Waals surface area (Å²) < 4.78 is 51.6. The Morgan fingerprint density at radius 2 is 1.69 bits per heavy atom. The van der Waals surface area contributed by atoms with Gasteiger partial charge in [0.05, 0.1) is 17.8 Å². The van der Waals surface area contributed by atoms with E-state index in [4.69, 9.17) is 5.11 Å². The van der Waals surface area contributed by atoms with Gasteiger partial charge in [-0.2, -0.15) is 13.2 Å². The maximum absolute atomic E-state index is 13.1. The van der Waals surface area contributed by atoms with Crippen molar-refractivity contribution < 1.29 is 32.6 Å². The zero-order valence-electron chi connectivity index (χ0n) is 13.4. The third-order valence-corrected chi connectivity index (χ3v) is 3.57. The first kappa shape index (κ1) is 19.3. The van der Waals surface area contributed by atoms with Crippen LogP contribution in [-0.2, 0) is 12.6 Å². The molecule has 0 amide bonds. The average Bonchev–Trinajstić information content (AvgIpc) is 2.58. The Labute approximate surface area is 146 Å². The molecule has 2 rings (SSSR count). The number of phenolic OH excluding ortho intramolecular Hbond substituents is 1. The fourth-order valence-corrected chi connectivity index (χ4v) is 2.32. The molecule has 0 aliphatic carbocycles. The Balaban J connectivity index is 2.48. The lowest BCUT2D eigenvalue weighted by Crippen LogP contribution is -2.07. The van der Waals surface area contributed by atoms with Gasteiger partial charge in [-0.05, 0) is 54.8 Å². The third-order valence-electron chi connectivity index (χ3n) is 3.57. The van der Waals surface area contributed by atoms with Gasteiger partial charge in [0, 0.05) is 11.1 Å². The van der Waals surface area contributed by atoms with Crippen molar-refractivity contribution in [3.05, 3.63) is 64.2 Å². The summed E-state index contributed by atoms with van der Waals surface area (Å²) in [7, 11) is 0. The Hall–Kier alpha value is -3.01. The Bertz CT molecular complexity index is 877. The molecule has 0 aliphatic rings. The zero-order chi connectivity index (χ0) is 19.3. The monoisotopic (exact) mass is 366 g/mol. The molecule has 0 heterocycles. The van der Waals surface area contributed by atoms with E-state index >= 15 is 0 Å². The minimum Gasteiger partial charge on any atom is -0.508 e. The number of rotatable bonds is 4. The van der Waals surface area contributed by atoms with Crippen molar-refractivity contribution in [2.75, 3.05) is 6.67 Å². The molecule has 2 aromatic rings. The molecule has 0 unspecified atom stereocenters. The van der Waals surface area contributed by atoms with Crippen LogP contribution in [0.3, 0.4) is 0 Å². The number of carbonyl (C=O) groups is 1. The summed E-state index contributed by atoms with van der Waals surface area (Å²) in [6, 6.07) is 6.74. The molecule has 136 valence electrons. The normalized spacial score (nSPS) is 10.9. The smallest absolute Gasteiger partial charge is 0.417 e. The highest BCUT2D eigenvalue weighted by Gasteiger charge is 2.33. The van der Waals surface area contributed by atoms with Gasteiger partial charge < -0.3 is 10.2 Å². The summed E-state index contributed by atoms with van der Waals surface area (Å²) >= 11 is 0. The number of aromatic carboxylic acids is 1. The summed E-state index contributed by atoms with van der Waals surface area (Å²) in [5.74, 6) is 3.30. The Morgan fingerprint density at radius 1 is 1.04 bits per heavy atom. The number of hydrogen-bond donors (Lipinski definition) is 2. The average molecular weight is 366 g/mol. The van der Waals surface area contributed by atoms with Gasteiger partial charge in [-0.1, -0.05) is 11.8 Å². The van der Waals surface area contributed by atoms with Gasteiger partial charge in [-0.15, -0.1) is 0 Å². The maximum Gasteiger partial charge on any atom is 0.417 e. The molecule has 0 bridgehead atoms. The van der Waals surface area contributed by atoms with E-state index in [0.29, 0.717) is 17.2 Å². The van der Waals surface area contributed by atoms with Gasteiger partial charge in [0.15, 0.2) is 0 Å². The maximum atomic E-state index is 13.1. The molecule has 3 nitrogen and oxygen atoms in total. The fourth-order valence-electron chi connectivity index (χ4n) is 2.32. The number of carboxylic acids is 1. The lowest BCUT2D eigenvalue weighted by atomic mass is 9.99. The lowest BCUT2D eigenvalue weighted by molar-refractivity contribution is -0.137. The highest BCUT2D eigenvalue weighted by Crippen LogP contribution is 2.33. The predicted octanol–water partition coefficient (Wildman–Crippen LogP) is 4.41. The number of carboxylic acid groups (broad SMARTS) is 1. The fraction of sp³-hybridized carbons (Fsp3) is 0.211. The molecule has 0 fully saturated rings. The molecule has 0 aliphatic heterocycles. The Morgan fingerprint density at radius 3 is 2.31 bits per heavy atom. The molecular formula is C19H14F4O3. The first-order valence-electron chi connectivity index (χ1n) is 7.57. The van der Waals surface area contributed by atoms with E-state index in [1.807, 2.05) is 0 Å². The molecular weight excluding hydrogens is 352 g/mol. The quantitative estimate of drug-likeness (QED) is 0.622. The molecule has 7 heteroatoms. The van der Waals surface area contributed by atoms with Crippen LogP contribution in [0.1, 0.15) is 39.0 Å². The molecule has 2 N–H and O–H groups in total. The molecule has 0 spiro atoms. The Kier molecular flexibility index (Phi) is 5.88. The zero-order valence-corrected chi connectivity index (χ0v) is 13.4.